The van der Waals surface area contributed by atoms with Gasteiger partial charge in [-0.3, -0.25) is 0 Å². The van der Waals surface area contributed by atoms with E-state index in [1.807, 2.05) is 54.7 Å². The quantitative estimate of drug-likeness (QED) is 0.727. The van der Waals surface area contributed by atoms with Crippen molar-refractivity contribution in [2.24, 2.45) is 4.99 Å². The summed E-state index contributed by atoms with van der Waals surface area (Å²) in [6.45, 7) is 0. The van der Waals surface area contributed by atoms with Crippen LogP contribution in [0.1, 0.15) is 5.56 Å². The number of hydrogen-bond donors (Lipinski definition) is 0. The van der Waals surface area contributed by atoms with E-state index in [1.54, 1.807) is 7.05 Å². The third-order valence-electron chi connectivity index (χ3n) is 2.44. The minimum Gasteiger partial charge on any atom is -0.457 e. The monoisotopic (exact) mass is 225 g/mol. The normalized spacial score (nSPS) is 10.6. The Morgan fingerprint density at radius 2 is 1.71 bits per heavy atom. The summed E-state index contributed by atoms with van der Waals surface area (Å²) in [5, 5.41) is 0. The molecule has 17 heavy (non-hydrogen) atoms. The Morgan fingerprint density at radius 3 is 2.47 bits per heavy atom. The molecule has 0 saturated heterocycles. The molecule has 0 bridgehead atoms. The van der Waals surface area contributed by atoms with E-state index >= 15 is 0 Å². The molecule has 0 aliphatic heterocycles. The Kier molecular flexibility index (Phi) is 3.92. The van der Waals surface area contributed by atoms with E-state index in [-0.39, 0.29) is 0 Å². The number of para-hydroxylation sites is 2. The minimum absolute atomic E-state index is 0.791. The second kappa shape index (κ2) is 5.85. The van der Waals surface area contributed by atoms with Crippen molar-refractivity contribution in [1.29, 1.82) is 0 Å². The third kappa shape index (κ3) is 3.18. The zero-order valence-corrected chi connectivity index (χ0v) is 9.84. The van der Waals surface area contributed by atoms with Gasteiger partial charge >= 0.3 is 0 Å². The number of ether oxygens (including phenoxy) is 1. The lowest BCUT2D eigenvalue weighted by Crippen LogP contribution is -1.92. The molecular weight excluding hydrogens is 210 g/mol. The molecule has 0 saturated carbocycles. The van der Waals surface area contributed by atoms with Gasteiger partial charge in [-0.1, -0.05) is 36.4 Å². The molecule has 0 aliphatic rings. The number of hydrogen-bond acceptors (Lipinski definition) is 2. The Labute approximate surface area is 102 Å². The van der Waals surface area contributed by atoms with Crippen LogP contribution in [0.25, 0.3) is 0 Å². The molecule has 0 fully saturated rings. The molecule has 0 unspecified atom stereocenters. The van der Waals surface area contributed by atoms with Gasteiger partial charge in [-0.25, -0.2) is 0 Å². The lowest BCUT2D eigenvalue weighted by Gasteiger charge is -2.09. The van der Waals surface area contributed by atoms with Gasteiger partial charge < -0.3 is 9.73 Å². The lowest BCUT2D eigenvalue weighted by molar-refractivity contribution is 0.478. The van der Waals surface area contributed by atoms with Crippen LogP contribution in [-0.4, -0.2) is 13.3 Å². The van der Waals surface area contributed by atoms with Crippen molar-refractivity contribution >= 4 is 6.21 Å². The molecule has 2 rings (SSSR count). The van der Waals surface area contributed by atoms with Gasteiger partial charge in [0, 0.05) is 25.2 Å². The molecule has 2 heteroatoms. The fraction of sp³-hybridized carbons (Fsp3) is 0.133. The van der Waals surface area contributed by atoms with Crippen molar-refractivity contribution in [3.63, 3.8) is 0 Å². The summed E-state index contributed by atoms with van der Waals surface area (Å²) in [7, 11) is 1.78. The van der Waals surface area contributed by atoms with Crippen molar-refractivity contribution in [1.82, 2.24) is 0 Å². The average Bonchev–Trinajstić information content (AvgIpc) is 2.39. The first-order valence-electron chi connectivity index (χ1n) is 5.61. The van der Waals surface area contributed by atoms with Crippen molar-refractivity contribution in [3.05, 3.63) is 60.2 Å². The van der Waals surface area contributed by atoms with Crippen LogP contribution in [0, 0.1) is 0 Å². The van der Waals surface area contributed by atoms with Crippen LogP contribution in [0.5, 0.6) is 11.5 Å². The Balaban J connectivity index is 2.20. The van der Waals surface area contributed by atoms with Crippen LogP contribution in [0.15, 0.2) is 59.6 Å². The van der Waals surface area contributed by atoms with Gasteiger partial charge in [-0.05, 0) is 18.2 Å². The highest BCUT2D eigenvalue weighted by atomic mass is 16.5. The topological polar surface area (TPSA) is 21.6 Å². The summed E-state index contributed by atoms with van der Waals surface area (Å²) in [6.07, 6.45) is 2.67. The third-order valence-corrected chi connectivity index (χ3v) is 2.44. The van der Waals surface area contributed by atoms with Gasteiger partial charge in [0.1, 0.15) is 11.5 Å². The second-order valence-electron chi connectivity index (χ2n) is 3.67. The van der Waals surface area contributed by atoms with Crippen LogP contribution in [0.2, 0.25) is 0 Å². The van der Waals surface area contributed by atoms with Gasteiger partial charge in [-0.2, -0.15) is 0 Å². The number of rotatable bonds is 4. The lowest BCUT2D eigenvalue weighted by atomic mass is 10.1. The largest absolute Gasteiger partial charge is 0.457 e. The maximum Gasteiger partial charge on any atom is 0.130 e. The van der Waals surface area contributed by atoms with Crippen LogP contribution in [0.4, 0.5) is 0 Å². The maximum absolute atomic E-state index is 5.84. The van der Waals surface area contributed by atoms with E-state index in [0.29, 0.717) is 0 Å². The predicted octanol–water partition coefficient (Wildman–Crippen LogP) is 3.72. The van der Waals surface area contributed by atoms with Crippen LogP contribution < -0.4 is 4.74 Å². The highest BCUT2D eigenvalue weighted by Gasteiger charge is 2.02. The highest BCUT2D eigenvalue weighted by molar-refractivity contribution is 5.63. The highest BCUT2D eigenvalue weighted by Crippen LogP contribution is 2.24. The SMILES string of the molecule is CN=CCc1ccccc1Oc1ccccc1. The molecular formula is C15H15NO. The molecule has 0 spiro atoms. The Hall–Kier alpha value is -2.09. The Bertz CT molecular complexity index is 491. The van der Waals surface area contributed by atoms with Crippen molar-refractivity contribution in [3.8, 4) is 11.5 Å². The van der Waals surface area contributed by atoms with E-state index in [9.17, 15) is 0 Å². The van der Waals surface area contributed by atoms with Gasteiger partial charge in [0.2, 0.25) is 0 Å². The summed E-state index contributed by atoms with van der Waals surface area (Å²) >= 11 is 0. The van der Waals surface area contributed by atoms with Gasteiger partial charge in [-0.15, -0.1) is 0 Å². The molecule has 2 nitrogen and oxygen atoms in total. The van der Waals surface area contributed by atoms with E-state index in [1.165, 1.54) is 0 Å². The van der Waals surface area contributed by atoms with E-state index in [4.69, 9.17) is 4.74 Å². The fourth-order valence-corrected chi connectivity index (χ4v) is 1.58. The van der Waals surface area contributed by atoms with E-state index in [0.717, 1.165) is 23.5 Å². The number of nitrogens with zero attached hydrogens (tertiary/aromatic N) is 1. The Morgan fingerprint density at radius 1 is 1.00 bits per heavy atom. The fourth-order valence-electron chi connectivity index (χ4n) is 1.58. The summed E-state index contributed by atoms with van der Waals surface area (Å²) < 4.78 is 5.84. The standard InChI is InChI=1S/C15H15NO/c1-16-12-11-13-7-5-6-10-15(13)17-14-8-3-2-4-9-14/h2-10,12H,11H2,1H3. The first kappa shape index (κ1) is 11.4. The number of aliphatic imine (C=N–C) groups is 1. The summed E-state index contributed by atoms with van der Waals surface area (Å²) in [5.74, 6) is 1.74. The van der Waals surface area contributed by atoms with Crippen molar-refractivity contribution in [2.45, 2.75) is 6.42 Å². The molecule has 0 heterocycles. The molecule has 0 radical (unpaired) electrons. The predicted molar refractivity (Wildman–Crippen MR) is 71.1 cm³/mol. The molecule has 2 aromatic carbocycles. The zero-order chi connectivity index (χ0) is 11.9. The van der Waals surface area contributed by atoms with Gasteiger partial charge in [0.15, 0.2) is 0 Å². The van der Waals surface area contributed by atoms with E-state index in [2.05, 4.69) is 11.1 Å². The molecule has 0 aromatic heterocycles. The van der Waals surface area contributed by atoms with Crippen molar-refractivity contribution < 1.29 is 4.74 Å². The van der Waals surface area contributed by atoms with Crippen LogP contribution in [-0.2, 0) is 6.42 Å². The molecule has 2 aromatic rings. The second-order valence-corrected chi connectivity index (χ2v) is 3.67. The number of benzene rings is 2. The summed E-state index contributed by atoms with van der Waals surface area (Å²) in [4.78, 5) is 4.00. The minimum atomic E-state index is 0.791. The molecule has 86 valence electrons. The van der Waals surface area contributed by atoms with Gasteiger partial charge in [0.05, 0.1) is 0 Å². The van der Waals surface area contributed by atoms with E-state index < -0.39 is 0 Å². The first-order valence-corrected chi connectivity index (χ1v) is 5.61. The van der Waals surface area contributed by atoms with Crippen LogP contribution >= 0.6 is 0 Å². The smallest absolute Gasteiger partial charge is 0.130 e. The molecule has 0 atom stereocenters. The summed E-state index contributed by atoms with van der Waals surface area (Å²) in [5.41, 5.74) is 1.14. The van der Waals surface area contributed by atoms with Crippen LogP contribution in [0.3, 0.4) is 0 Å². The molecule has 0 aliphatic carbocycles. The van der Waals surface area contributed by atoms with Crippen molar-refractivity contribution in [2.75, 3.05) is 7.05 Å². The first-order chi connectivity index (χ1) is 8.40. The average molecular weight is 225 g/mol. The zero-order valence-electron chi connectivity index (χ0n) is 9.84. The summed E-state index contributed by atoms with van der Waals surface area (Å²) in [6, 6.07) is 17.8. The maximum atomic E-state index is 5.84. The molecule has 0 amide bonds. The van der Waals surface area contributed by atoms with Gasteiger partial charge in [0.25, 0.3) is 0 Å². The molecule has 0 N–H and O–H groups in total.